The molecule has 1 heterocycles. The first kappa shape index (κ1) is 17.8. The predicted molar refractivity (Wildman–Crippen MR) is 101 cm³/mol. The van der Waals surface area contributed by atoms with Crippen LogP contribution in [0.4, 0.5) is 0 Å². The van der Waals surface area contributed by atoms with Crippen LogP contribution < -0.4 is 4.74 Å². The molecule has 1 N–H and O–H groups in total. The van der Waals surface area contributed by atoms with Gasteiger partial charge >= 0.3 is 0 Å². The second kappa shape index (κ2) is 7.22. The lowest BCUT2D eigenvalue weighted by Crippen LogP contribution is -2.65. The fraction of sp³-hybridized carbons (Fsp3) is 0.682. The van der Waals surface area contributed by atoms with Crippen LogP contribution in [-0.2, 0) is 11.2 Å². The highest BCUT2D eigenvalue weighted by Crippen LogP contribution is 2.53. The normalized spacial score (nSPS) is 22.6. The molecule has 142 valence electrons. The van der Waals surface area contributed by atoms with Crippen molar-refractivity contribution in [1.29, 1.82) is 0 Å². The Balaban J connectivity index is 1.20. The van der Waals surface area contributed by atoms with Gasteiger partial charge in [-0.2, -0.15) is 0 Å². The number of hydrogen-bond donors (Lipinski definition) is 1. The lowest BCUT2D eigenvalue weighted by Gasteiger charge is -2.59. The first-order chi connectivity index (χ1) is 12.6. The summed E-state index contributed by atoms with van der Waals surface area (Å²) in [7, 11) is 0. The number of amides is 1. The van der Waals surface area contributed by atoms with E-state index >= 15 is 0 Å². The molecule has 4 rings (SSSR count). The SMILES string of the molecule is CCC[C@H](CO)C(=O)N1CC2(CC(Cc3ccc(OC4CC4)cc3)C2)C1. The molecule has 1 atom stereocenters. The molecule has 4 heteroatoms. The highest BCUT2D eigenvalue weighted by Gasteiger charge is 2.53. The monoisotopic (exact) mass is 357 g/mol. The van der Waals surface area contributed by atoms with Gasteiger partial charge in [0.1, 0.15) is 5.75 Å². The molecule has 1 aromatic carbocycles. The number of carbonyl (C=O) groups is 1. The van der Waals surface area contributed by atoms with Crippen LogP contribution in [-0.4, -0.2) is 41.7 Å². The minimum atomic E-state index is -0.190. The third-order valence-corrected chi connectivity index (χ3v) is 6.29. The number of carbonyl (C=O) groups excluding carboxylic acids is 1. The summed E-state index contributed by atoms with van der Waals surface area (Å²) in [6.07, 6.45) is 8.19. The molecule has 4 nitrogen and oxygen atoms in total. The Bertz CT molecular complexity index is 623. The first-order valence-corrected chi connectivity index (χ1v) is 10.3. The number of aliphatic hydroxyl groups is 1. The predicted octanol–water partition coefficient (Wildman–Crippen LogP) is 3.42. The minimum Gasteiger partial charge on any atom is -0.490 e. The van der Waals surface area contributed by atoms with Gasteiger partial charge in [0.25, 0.3) is 0 Å². The van der Waals surface area contributed by atoms with E-state index in [4.69, 9.17) is 4.74 Å². The fourth-order valence-corrected chi connectivity index (χ4v) is 4.80. The van der Waals surface area contributed by atoms with E-state index in [2.05, 4.69) is 31.2 Å². The molecule has 0 radical (unpaired) electrons. The second-order valence-corrected chi connectivity index (χ2v) is 8.80. The van der Waals surface area contributed by atoms with Crippen LogP contribution in [0.5, 0.6) is 5.75 Å². The number of likely N-dealkylation sites (tertiary alicyclic amines) is 1. The molecule has 2 saturated carbocycles. The standard InChI is InChI=1S/C22H31NO3/c1-2-3-18(13-24)21(25)23-14-22(15-23)11-17(12-22)10-16-4-6-19(7-5-16)26-20-8-9-20/h4-7,17-18,20,24H,2-3,8-15H2,1H3/t18-/m1/s1. The summed E-state index contributed by atoms with van der Waals surface area (Å²) in [4.78, 5) is 14.4. The molecule has 1 saturated heterocycles. The Kier molecular flexibility index (Phi) is 4.96. The zero-order valence-corrected chi connectivity index (χ0v) is 15.8. The van der Waals surface area contributed by atoms with Gasteiger partial charge in [-0.1, -0.05) is 25.5 Å². The van der Waals surface area contributed by atoms with E-state index in [0.29, 0.717) is 11.5 Å². The molecule has 1 aromatic rings. The number of benzene rings is 1. The summed E-state index contributed by atoms with van der Waals surface area (Å²) < 4.78 is 5.81. The third kappa shape index (κ3) is 3.75. The smallest absolute Gasteiger partial charge is 0.228 e. The molecule has 0 bridgehead atoms. The molecule has 1 aliphatic heterocycles. The maximum atomic E-state index is 12.4. The summed E-state index contributed by atoms with van der Waals surface area (Å²) in [6.45, 7) is 3.85. The van der Waals surface area contributed by atoms with E-state index in [1.807, 2.05) is 4.90 Å². The van der Waals surface area contributed by atoms with Crippen LogP contribution in [0.3, 0.4) is 0 Å². The van der Waals surface area contributed by atoms with Gasteiger partial charge in [0, 0.05) is 18.5 Å². The molecule has 1 amide bonds. The van der Waals surface area contributed by atoms with Gasteiger partial charge in [0.2, 0.25) is 5.91 Å². The van der Waals surface area contributed by atoms with E-state index < -0.39 is 0 Å². The Morgan fingerprint density at radius 2 is 1.96 bits per heavy atom. The molecule has 3 fully saturated rings. The van der Waals surface area contributed by atoms with E-state index in [-0.39, 0.29) is 18.4 Å². The van der Waals surface area contributed by atoms with Gasteiger partial charge in [0.05, 0.1) is 18.6 Å². The summed E-state index contributed by atoms with van der Waals surface area (Å²) >= 11 is 0. The first-order valence-electron chi connectivity index (χ1n) is 10.3. The van der Waals surface area contributed by atoms with E-state index in [1.165, 1.54) is 31.2 Å². The Labute approximate surface area is 156 Å². The van der Waals surface area contributed by atoms with E-state index in [9.17, 15) is 9.90 Å². The van der Waals surface area contributed by atoms with Crippen molar-refractivity contribution in [3.63, 3.8) is 0 Å². The van der Waals surface area contributed by atoms with Crippen molar-refractivity contribution in [3.05, 3.63) is 29.8 Å². The van der Waals surface area contributed by atoms with Crippen molar-refractivity contribution in [1.82, 2.24) is 4.90 Å². The minimum absolute atomic E-state index is 0.0146. The van der Waals surface area contributed by atoms with Crippen molar-refractivity contribution < 1.29 is 14.6 Å². The summed E-state index contributed by atoms with van der Waals surface area (Å²) in [5.41, 5.74) is 1.77. The Morgan fingerprint density at radius 3 is 2.54 bits per heavy atom. The van der Waals surface area contributed by atoms with Crippen molar-refractivity contribution in [2.45, 2.75) is 58.0 Å². The lowest BCUT2D eigenvalue weighted by atomic mass is 9.56. The molecule has 3 aliphatic rings. The third-order valence-electron chi connectivity index (χ3n) is 6.29. The zero-order chi connectivity index (χ0) is 18.1. The van der Waals surface area contributed by atoms with Crippen LogP contribution in [0.15, 0.2) is 24.3 Å². The zero-order valence-electron chi connectivity index (χ0n) is 15.8. The summed E-state index contributed by atoms with van der Waals surface area (Å²) in [5, 5.41) is 9.42. The molecular weight excluding hydrogens is 326 g/mol. The average Bonchev–Trinajstić information content (AvgIpc) is 3.38. The molecule has 0 aromatic heterocycles. The second-order valence-electron chi connectivity index (χ2n) is 8.80. The lowest BCUT2D eigenvalue weighted by molar-refractivity contribution is -0.160. The van der Waals surface area contributed by atoms with Crippen molar-refractivity contribution in [3.8, 4) is 5.75 Å². The Hall–Kier alpha value is -1.55. The highest BCUT2D eigenvalue weighted by molar-refractivity contribution is 5.80. The van der Waals surface area contributed by atoms with E-state index in [1.54, 1.807) is 0 Å². The molecule has 1 spiro atoms. The highest BCUT2D eigenvalue weighted by atomic mass is 16.5. The van der Waals surface area contributed by atoms with Gasteiger partial charge in [-0.25, -0.2) is 0 Å². The van der Waals surface area contributed by atoms with E-state index in [0.717, 1.165) is 44.0 Å². The van der Waals surface area contributed by atoms with Crippen LogP contribution in [0, 0.1) is 17.3 Å². The van der Waals surface area contributed by atoms with Crippen molar-refractivity contribution in [2.24, 2.45) is 17.3 Å². The van der Waals surface area contributed by atoms with Gasteiger partial charge in [-0.05, 0) is 62.1 Å². The molecule has 0 unspecified atom stereocenters. The molecule has 2 aliphatic carbocycles. The summed E-state index contributed by atoms with van der Waals surface area (Å²) in [5.74, 6) is 1.71. The number of nitrogens with zero attached hydrogens (tertiary/aromatic N) is 1. The fourth-order valence-electron chi connectivity index (χ4n) is 4.80. The number of hydrogen-bond acceptors (Lipinski definition) is 3. The Morgan fingerprint density at radius 1 is 1.27 bits per heavy atom. The molecule has 26 heavy (non-hydrogen) atoms. The quantitative estimate of drug-likeness (QED) is 0.776. The van der Waals surface area contributed by atoms with Gasteiger partial charge in [0.15, 0.2) is 0 Å². The maximum absolute atomic E-state index is 12.4. The number of ether oxygens (including phenoxy) is 1. The van der Waals surface area contributed by atoms with Crippen LogP contribution in [0.25, 0.3) is 0 Å². The van der Waals surface area contributed by atoms with Gasteiger partial charge in [-0.3, -0.25) is 4.79 Å². The summed E-state index contributed by atoms with van der Waals surface area (Å²) in [6, 6.07) is 8.62. The number of rotatable bonds is 8. The number of aliphatic hydroxyl groups excluding tert-OH is 1. The van der Waals surface area contributed by atoms with Crippen LogP contribution in [0.2, 0.25) is 0 Å². The van der Waals surface area contributed by atoms with Gasteiger partial charge in [-0.15, -0.1) is 0 Å². The van der Waals surface area contributed by atoms with Crippen molar-refractivity contribution >= 4 is 5.91 Å². The van der Waals surface area contributed by atoms with Gasteiger partial charge < -0.3 is 14.7 Å². The van der Waals surface area contributed by atoms with Crippen LogP contribution in [0.1, 0.15) is 51.0 Å². The average molecular weight is 357 g/mol. The maximum Gasteiger partial charge on any atom is 0.228 e. The largest absolute Gasteiger partial charge is 0.490 e. The van der Waals surface area contributed by atoms with Crippen molar-refractivity contribution in [2.75, 3.05) is 19.7 Å². The molecular formula is C22H31NO3. The van der Waals surface area contributed by atoms with Crippen LogP contribution >= 0.6 is 0 Å². The topological polar surface area (TPSA) is 49.8 Å².